The molecule has 0 saturated carbocycles. The van der Waals surface area contributed by atoms with Crippen LogP contribution < -0.4 is 11.3 Å². The Hall–Kier alpha value is -1.78. The van der Waals surface area contributed by atoms with E-state index < -0.39 is 0 Å². The van der Waals surface area contributed by atoms with E-state index in [2.05, 4.69) is 10.4 Å². The van der Waals surface area contributed by atoms with Crippen LogP contribution in [0.2, 0.25) is 0 Å². The van der Waals surface area contributed by atoms with E-state index in [0.29, 0.717) is 0 Å². The van der Waals surface area contributed by atoms with Gasteiger partial charge in [-0.15, -0.1) is 0 Å². The van der Waals surface area contributed by atoms with Crippen molar-refractivity contribution in [1.29, 1.82) is 0 Å². The summed E-state index contributed by atoms with van der Waals surface area (Å²) >= 11 is 0. The smallest absolute Gasteiger partial charge is 0.123 e. The number of aromatic nitrogens is 1. The summed E-state index contributed by atoms with van der Waals surface area (Å²) in [6, 6.07) is 10.1. The monoisotopic (exact) mass is 245 g/mol. The van der Waals surface area contributed by atoms with Crippen molar-refractivity contribution in [2.45, 2.75) is 19.9 Å². The Labute approximate surface area is 106 Å². The van der Waals surface area contributed by atoms with Gasteiger partial charge in [0, 0.05) is 11.4 Å². The van der Waals surface area contributed by atoms with Gasteiger partial charge in [-0.05, 0) is 49.2 Å². The summed E-state index contributed by atoms with van der Waals surface area (Å²) in [6.45, 7) is 3.88. The largest absolute Gasteiger partial charge is 0.271 e. The summed E-state index contributed by atoms with van der Waals surface area (Å²) in [6.07, 6.45) is 0. The molecular formula is C14H16FN3. The average Bonchev–Trinajstić information content (AvgIpc) is 2.31. The zero-order chi connectivity index (χ0) is 13.1. The van der Waals surface area contributed by atoms with Crippen molar-refractivity contribution in [3.8, 4) is 0 Å². The van der Waals surface area contributed by atoms with Crippen molar-refractivity contribution in [1.82, 2.24) is 10.4 Å². The summed E-state index contributed by atoms with van der Waals surface area (Å²) in [7, 11) is 0. The summed E-state index contributed by atoms with van der Waals surface area (Å²) in [5.74, 6) is 5.36. The number of benzene rings is 1. The maximum atomic E-state index is 12.9. The van der Waals surface area contributed by atoms with Gasteiger partial charge in [0.25, 0.3) is 0 Å². The second kappa shape index (κ2) is 5.25. The highest BCUT2D eigenvalue weighted by molar-refractivity contribution is 5.33. The number of nitrogens with zero attached hydrogens (tertiary/aromatic N) is 1. The third-order valence-corrected chi connectivity index (χ3v) is 2.81. The maximum absolute atomic E-state index is 12.9. The molecule has 2 aromatic rings. The minimum absolute atomic E-state index is 0.161. The van der Waals surface area contributed by atoms with E-state index in [1.165, 1.54) is 12.1 Å². The quantitative estimate of drug-likeness (QED) is 0.645. The number of hydrazine groups is 1. The number of pyridine rings is 1. The molecule has 0 aliphatic carbocycles. The van der Waals surface area contributed by atoms with Crippen LogP contribution in [0.25, 0.3) is 0 Å². The van der Waals surface area contributed by atoms with Gasteiger partial charge in [0.05, 0.1) is 6.04 Å². The lowest BCUT2D eigenvalue weighted by Gasteiger charge is -2.17. The summed E-state index contributed by atoms with van der Waals surface area (Å²) < 4.78 is 12.9. The fraction of sp³-hybridized carbons (Fsp3) is 0.214. The second-order valence-electron chi connectivity index (χ2n) is 4.33. The second-order valence-corrected chi connectivity index (χ2v) is 4.33. The summed E-state index contributed by atoms with van der Waals surface area (Å²) in [4.78, 5) is 4.33. The van der Waals surface area contributed by atoms with E-state index in [-0.39, 0.29) is 11.9 Å². The Morgan fingerprint density at radius 2 is 1.61 bits per heavy atom. The van der Waals surface area contributed by atoms with Crippen LogP contribution >= 0.6 is 0 Å². The number of rotatable bonds is 3. The van der Waals surface area contributed by atoms with Crippen LogP contribution in [0.1, 0.15) is 28.6 Å². The number of hydrogen-bond acceptors (Lipinski definition) is 3. The molecule has 3 N–H and O–H groups in total. The first-order valence-corrected chi connectivity index (χ1v) is 5.77. The molecule has 0 bridgehead atoms. The average molecular weight is 245 g/mol. The number of halogens is 1. The van der Waals surface area contributed by atoms with Gasteiger partial charge in [-0.1, -0.05) is 12.1 Å². The molecule has 94 valence electrons. The first kappa shape index (κ1) is 12.7. The predicted octanol–water partition coefficient (Wildman–Crippen LogP) is 2.39. The molecule has 0 fully saturated rings. The zero-order valence-electron chi connectivity index (χ0n) is 10.4. The van der Waals surface area contributed by atoms with E-state index in [1.54, 1.807) is 12.1 Å². The van der Waals surface area contributed by atoms with Gasteiger partial charge in [0.1, 0.15) is 5.82 Å². The van der Waals surface area contributed by atoms with Crippen molar-refractivity contribution in [2.24, 2.45) is 5.84 Å². The number of aryl methyl sites for hydroxylation is 2. The fourth-order valence-corrected chi connectivity index (χ4v) is 2.07. The molecule has 0 saturated heterocycles. The minimum atomic E-state index is -0.253. The van der Waals surface area contributed by atoms with E-state index in [0.717, 1.165) is 22.5 Å². The first-order chi connectivity index (χ1) is 8.60. The molecule has 2 rings (SSSR count). The van der Waals surface area contributed by atoms with Crippen LogP contribution in [0.5, 0.6) is 0 Å². The fourth-order valence-electron chi connectivity index (χ4n) is 2.07. The van der Waals surface area contributed by atoms with Gasteiger partial charge in [-0.2, -0.15) is 0 Å². The molecule has 1 aromatic carbocycles. The molecule has 0 aliphatic rings. The lowest BCUT2D eigenvalue weighted by atomic mass is 9.99. The minimum Gasteiger partial charge on any atom is -0.271 e. The van der Waals surface area contributed by atoms with Crippen molar-refractivity contribution < 1.29 is 4.39 Å². The number of nitrogens with two attached hydrogens (primary N) is 1. The predicted molar refractivity (Wildman–Crippen MR) is 69.3 cm³/mol. The van der Waals surface area contributed by atoms with Crippen LogP contribution in [0, 0.1) is 19.7 Å². The van der Waals surface area contributed by atoms with Crippen LogP contribution in [0.4, 0.5) is 4.39 Å². The highest BCUT2D eigenvalue weighted by Crippen LogP contribution is 2.22. The molecule has 0 aliphatic heterocycles. The molecule has 4 heteroatoms. The van der Waals surface area contributed by atoms with Gasteiger partial charge in [0.15, 0.2) is 0 Å². The van der Waals surface area contributed by atoms with Gasteiger partial charge in [0.2, 0.25) is 0 Å². The lowest BCUT2D eigenvalue weighted by molar-refractivity contribution is 0.615. The molecule has 0 spiro atoms. The van der Waals surface area contributed by atoms with Crippen LogP contribution in [0.15, 0.2) is 36.4 Å². The summed E-state index contributed by atoms with van der Waals surface area (Å²) in [5.41, 5.74) is 6.58. The van der Waals surface area contributed by atoms with E-state index in [4.69, 9.17) is 5.84 Å². The van der Waals surface area contributed by atoms with Crippen LogP contribution in [0.3, 0.4) is 0 Å². The first-order valence-electron chi connectivity index (χ1n) is 5.77. The van der Waals surface area contributed by atoms with Gasteiger partial charge in [-0.3, -0.25) is 10.8 Å². The zero-order valence-corrected chi connectivity index (χ0v) is 10.4. The molecule has 18 heavy (non-hydrogen) atoms. The van der Waals surface area contributed by atoms with E-state index in [1.807, 2.05) is 26.0 Å². The Bertz CT molecular complexity index is 517. The molecule has 3 nitrogen and oxygen atoms in total. The van der Waals surface area contributed by atoms with Gasteiger partial charge < -0.3 is 0 Å². The highest BCUT2D eigenvalue weighted by atomic mass is 19.1. The normalized spacial score (nSPS) is 12.4. The molecule has 0 amide bonds. The van der Waals surface area contributed by atoms with Crippen molar-refractivity contribution in [3.05, 3.63) is 64.7 Å². The standard InChI is InChI=1S/C14H16FN3/c1-9-7-12(8-10(2)17-9)14(18-16)11-3-5-13(15)6-4-11/h3-8,14,18H,16H2,1-2H3. The number of nitrogens with one attached hydrogen (secondary N) is 1. The van der Waals surface area contributed by atoms with Crippen molar-refractivity contribution in [3.63, 3.8) is 0 Å². The van der Waals surface area contributed by atoms with Crippen molar-refractivity contribution in [2.75, 3.05) is 0 Å². The lowest BCUT2D eigenvalue weighted by Crippen LogP contribution is -2.29. The molecule has 1 unspecified atom stereocenters. The summed E-state index contributed by atoms with van der Waals surface area (Å²) in [5, 5.41) is 0. The van der Waals surface area contributed by atoms with E-state index in [9.17, 15) is 4.39 Å². The van der Waals surface area contributed by atoms with Gasteiger partial charge >= 0.3 is 0 Å². The van der Waals surface area contributed by atoms with Crippen molar-refractivity contribution >= 4 is 0 Å². The topological polar surface area (TPSA) is 50.9 Å². The molecular weight excluding hydrogens is 229 g/mol. The Balaban J connectivity index is 2.41. The Morgan fingerprint density at radius 1 is 1.06 bits per heavy atom. The Morgan fingerprint density at radius 3 is 2.11 bits per heavy atom. The van der Waals surface area contributed by atoms with Crippen LogP contribution in [-0.2, 0) is 0 Å². The number of hydrogen-bond donors (Lipinski definition) is 2. The maximum Gasteiger partial charge on any atom is 0.123 e. The molecule has 1 heterocycles. The van der Waals surface area contributed by atoms with E-state index >= 15 is 0 Å². The third kappa shape index (κ3) is 2.72. The van der Waals surface area contributed by atoms with Gasteiger partial charge in [-0.25, -0.2) is 9.82 Å². The SMILES string of the molecule is Cc1cc(C(NN)c2ccc(F)cc2)cc(C)n1. The van der Waals surface area contributed by atoms with Crippen LogP contribution in [-0.4, -0.2) is 4.98 Å². The highest BCUT2D eigenvalue weighted by Gasteiger charge is 2.13. The Kier molecular flexibility index (Phi) is 3.69. The molecule has 1 atom stereocenters. The third-order valence-electron chi connectivity index (χ3n) is 2.81. The molecule has 1 aromatic heterocycles. The molecule has 0 radical (unpaired) electrons.